The van der Waals surface area contributed by atoms with Crippen molar-refractivity contribution in [3.63, 3.8) is 0 Å². The van der Waals surface area contributed by atoms with E-state index in [0.717, 1.165) is 59.6 Å². The topological polar surface area (TPSA) is 79.4 Å². The molecular weight excluding hydrogens is 446 g/mol. The largest absolute Gasteiger partial charge is 0.484 e. The number of nitrogens with one attached hydrogen (secondary N) is 2. The van der Waals surface area contributed by atoms with Gasteiger partial charge in [0, 0.05) is 35.2 Å². The molecule has 0 atom stereocenters. The number of ether oxygens (including phenoxy) is 1. The van der Waals surface area contributed by atoms with Gasteiger partial charge in [0.05, 0.1) is 11.2 Å². The molecule has 1 aromatic heterocycles. The van der Waals surface area contributed by atoms with Crippen molar-refractivity contribution in [1.29, 1.82) is 0 Å². The molecule has 1 fully saturated rings. The molecule has 0 radical (unpaired) electrons. The van der Waals surface area contributed by atoms with Crippen LogP contribution in [-0.4, -0.2) is 48.7 Å². The number of hydrogen-bond acceptors (Lipinski definition) is 6. The lowest BCUT2D eigenvalue weighted by Gasteiger charge is -2.20. The average Bonchev–Trinajstić information content (AvgIpc) is 3.03. The van der Waals surface area contributed by atoms with E-state index in [9.17, 15) is 4.79 Å². The van der Waals surface area contributed by atoms with Crippen LogP contribution in [0.25, 0.3) is 10.9 Å². The maximum Gasteiger partial charge on any atom is 0.262 e. The highest BCUT2D eigenvalue weighted by atomic mass is 79.9. The van der Waals surface area contributed by atoms with Crippen LogP contribution in [0.2, 0.25) is 0 Å². The molecule has 2 N–H and O–H groups in total. The number of carbonyl (C=O) groups is 1. The third-order valence-corrected chi connectivity index (χ3v) is 5.49. The minimum Gasteiger partial charge on any atom is -0.484 e. The zero-order valence-corrected chi connectivity index (χ0v) is 18.4. The second-order valence-corrected chi connectivity index (χ2v) is 8.14. The van der Waals surface area contributed by atoms with E-state index in [4.69, 9.17) is 14.7 Å². The molecule has 0 aliphatic carbocycles. The molecule has 1 saturated heterocycles. The van der Waals surface area contributed by atoms with E-state index < -0.39 is 0 Å². The molecule has 0 spiro atoms. The fourth-order valence-electron chi connectivity index (χ4n) is 3.41. The highest BCUT2D eigenvalue weighted by Gasteiger charge is 2.14. The molecule has 3 aromatic rings. The molecule has 0 saturated carbocycles. The Morgan fingerprint density at radius 2 is 2.00 bits per heavy atom. The Morgan fingerprint density at radius 3 is 2.83 bits per heavy atom. The number of aromatic nitrogens is 2. The molecule has 30 heavy (non-hydrogen) atoms. The molecule has 4 rings (SSSR count). The molecule has 8 heteroatoms. The maximum atomic E-state index is 12.3. The van der Waals surface area contributed by atoms with E-state index in [-0.39, 0.29) is 12.5 Å². The second-order valence-electron chi connectivity index (χ2n) is 7.22. The van der Waals surface area contributed by atoms with E-state index in [1.165, 1.54) is 0 Å². The van der Waals surface area contributed by atoms with Crippen molar-refractivity contribution in [2.24, 2.45) is 0 Å². The van der Waals surface area contributed by atoms with E-state index in [0.29, 0.717) is 11.4 Å². The number of nitrogens with zero attached hydrogens (tertiary/aromatic N) is 3. The summed E-state index contributed by atoms with van der Waals surface area (Å²) in [7, 11) is 0. The van der Waals surface area contributed by atoms with Crippen LogP contribution in [0.1, 0.15) is 12.1 Å². The number of carbonyl (C=O) groups excluding carboxylic acids is 1. The van der Waals surface area contributed by atoms with Crippen LogP contribution in [0, 0.1) is 6.92 Å². The zero-order valence-electron chi connectivity index (χ0n) is 16.8. The summed E-state index contributed by atoms with van der Waals surface area (Å²) in [5, 5.41) is 7.21. The summed E-state index contributed by atoms with van der Waals surface area (Å²) in [6, 6.07) is 13.1. The quantitative estimate of drug-likeness (QED) is 0.594. The fraction of sp³-hybridized carbons (Fsp3) is 0.318. The normalized spacial score (nSPS) is 14.4. The summed E-state index contributed by atoms with van der Waals surface area (Å²) < 4.78 is 6.49. The van der Waals surface area contributed by atoms with Gasteiger partial charge in [0.1, 0.15) is 5.75 Å². The van der Waals surface area contributed by atoms with Crippen LogP contribution < -0.4 is 20.3 Å². The summed E-state index contributed by atoms with van der Waals surface area (Å²) in [4.78, 5) is 24.0. The number of rotatable bonds is 5. The van der Waals surface area contributed by atoms with Crippen molar-refractivity contribution < 1.29 is 9.53 Å². The lowest BCUT2D eigenvalue weighted by Crippen LogP contribution is -2.29. The number of aryl methyl sites for hydroxylation is 1. The van der Waals surface area contributed by atoms with Crippen molar-refractivity contribution in [3.05, 3.63) is 52.6 Å². The van der Waals surface area contributed by atoms with Crippen LogP contribution in [-0.2, 0) is 4.79 Å². The Labute approximate surface area is 184 Å². The van der Waals surface area contributed by atoms with Gasteiger partial charge in [-0.3, -0.25) is 4.79 Å². The molecule has 0 bridgehead atoms. The average molecular weight is 470 g/mol. The number of amides is 1. The smallest absolute Gasteiger partial charge is 0.262 e. The predicted octanol–water partition coefficient (Wildman–Crippen LogP) is 3.52. The van der Waals surface area contributed by atoms with Crippen molar-refractivity contribution in [1.82, 2.24) is 15.3 Å². The Balaban J connectivity index is 1.44. The van der Waals surface area contributed by atoms with Gasteiger partial charge in [-0.15, -0.1) is 0 Å². The molecular formula is C22H24BrN5O2. The predicted molar refractivity (Wildman–Crippen MR) is 122 cm³/mol. The van der Waals surface area contributed by atoms with Crippen LogP contribution in [0.3, 0.4) is 0 Å². The summed E-state index contributed by atoms with van der Waals surface area (Å²) in [6.45, 7) is 5.73. The summed E-state index contributed by atoms with van der Waals surface area (Å²) in [5.74, 6) is 1.19. The molecule has 2 aromatic carbocycles. The molecule has 1 aliphatic heterocycles. The monoisotopic (exact) mass is 469 g/mol. The van der Waals surface area contributed by atoms with Gasteiger partial charge in [-0.1, -0.05) is 15.9 Å². The number of benzene rings is 2. The Kier molecular flexibility index (Phi) is 6.44. The number of halogens is 1. The van der Waals surface area contributed by atoms with Crippen LogP contribution >= 0.6 is 15.9 Å². The van der Waals surface area contributed by atoms with E-state index in [1.807, 2.05) is 49.4 Å². The molecule has 2 heterocycles. The third kappa shape index (κ3) is 5.06. The van der Waals surface area contributed by atoms with Crippen LogP contribution in [0.4, 0.5) is 11.6 Å². The summed E-state index contributed by atoms with van der Waals surface area (Å²) in [5.41, 5.74) is 2.47. The van der Waals surface area contributed by atoms with E-state index in [2.05, 4.69) is 31.5 Å². The first-order chi connectivity index (χ1) is 14.6. The van der Waals surface area contributed by atoms with Gasteiger partial charge in [-0.25, -0.2) is 9.97 Å². The fourth-order valence-corrected chi connectivity index (χ4v) is 3.67. The molecule has 1 amide bonds. The first-order valence-electron chi connectivity index (χ1n) is 10.0. The second kappa shape index (κ2) is 9.40. The van der Waals surface area contributed by atoms with Gasteiger partial charge in [-0.05, 0) is 62.4 Å². The van der Waals surface area contributed by atoms with E-state index in [1.54, 1.807) is 0 Å². The minimum atomic E-state index is -0.218. The number of fused-ring (bicyclic) bond motifs is 1. The van der Waals surface area contributed by atoms with Gasteiger partial charge in [-0.2, -0.15) is 0 Å². The summed E-state index contributed by atoms with van der Waals surface area (Å²) >= 11 is 3.38. The first kappa shape index (κ1) is 20.6. The highest BCUT2D eigenvalue weighted by molar-refractivity contribution is 9.10. The molecule has 156 valence electrons. The van der Waals surface area contributed by atoms with Crippen molar-refractivity contribution in [3.8, 4) is 5.75 Å². The lowest BCUT2D eigenvalue weighted by molar-refractivity contribution is -0.118. The molecule has 7 nitrogen and oxygen atoms in total. The van der Waals surface area contributed by atoms with Gasteiger partial charge in [0.25, 0.3) is 5.91 Å². The van der Waals surface area contributed by atoms with Crippen molar-refractivity contribution in [2.45, 2.75) is 13.3 Å². The molecule has 1 aliphatic rings. The highest BCUT2D eigenvalue weighted by Crippen LogP contribution is 2.23. The first-order valence-corrected chi connectivity index (χ1v) is 10.8. The standard InChI is InChI=1S/C22H24BrN5O2/c1-15-19-13-17(26-21(29)14-30-18-6-3-16(23)4-7-18)5-8-20(19)27-22(25-15)28-11-2-9-24-10-12-28/h3-8,13,24H,2,9-12,14H2,1H3,(H,26,29). The molecule has 0 unspecified atom stereocenters. The number of anilines is 2. The van der Waals surface area contributed by atoms with E-state index >= 15 is 0 Å². The zero-order chi connectivity index (χ0) is 20.9. The van der Waals surface area contributed by atoms with Gasteiger partial charge < -0.3 is 20.3 Å². The SMILES string of the molecule is Cc1nc(N2CCCNCC2)nc2ccc(NC(=O)COc3ccc(Br)cc3)cc12. The van der Waals surface area contributed by atoms with Gasteiger partial charge in [0.2, 0.25) is 5.95 Å². The van der Waals surface area contributed by atoms with Gasteiger partial charge in [0.15, 0.2) is 6.61 Å². The lowest BCUT2D eigenvalue weighted by atomic mass is 10.1. The van der Waals surface area contributed by atoms with Crippen molar-refractivity contribution >= 4 is 44.4 Å². The Morgan fingerprint density at radius 1 is 1.17 bits per heavy atom. The van der Waals surface area contributed by atoms with Crippen LogP contribution in [0.5, 0.6) is 5.75 Å². The van der Waals surface area contributed by atoms with Crippen molar-refractivity contribution in [2.75, 3.05) is 43.0 Å². The number of hydrogen-bond donors (Lipinski definition) is 2. The van der Waals surface area contributed by atoms with Crippen LogP contribution in [0.15, 0.2) is 46.9 Å². The maximum absolute atomic E-state index is 12.3. The Hall–Kier alpha value is -2.71. The third-order valence-electron chi connectivity index (χ3n) is 4.96. The summed E-state index contributed by atoms with van der Waals surface area (Å²) in [6.07, 6.45) is 1.08. The van der Waals surface area contributed by atoms with Gasteiger partial charge >= 0.3 is 0 Å². The Bertz CT molecular complexity index is 1030. The minimum absolute atomic E-state index is 0.0584.